The molecule has 0 aliphatic carbocycles. The highest BCUT2D eigenvalue weighted by Crippen LogP contribution is 2.20. The maximum absolute atomic E-state index is 12.7. The van der Waals surface area contributed by atoms with E-state index in [1.165, 1.54) is 5.56 Å². The molecular weight excluding hydrogens is 426 g/mol. The molecule has 3 amide bonds. The number of anilines is 1. The van der Waals surface area contributed by atoms with Crippen LogP contribution < -0.4 is 16.0 Å². The van der Waals surface area contributed by atoms with Crippen LogP contribution in [0.5, 0.6) is 0 Å². The summed E-state index contributed by atoms with van der Waals surface area (Å²) in [5.41, 5.74) is 3.10. The number of hydrogen-bond acceptors (Lipinski definition) is 4. The highest BCUT2D eigenvalue weighted by Gasteiger charge is 2.25. The molecule has 1 aliphatic heterocycles. The third-order valence-electron chi connectivity index (χ3n) is 6.03. The number of amides is 3. The molecule has 0 radical (unpaired) electrons. The second kappa shape index (κ2) is 12.0. The fourth-order valence-corrected chi connectivity index (χ4v) is 4.30. The smallest absolute Gasteiger partial charge is 0.319 e. The quantitative estimate of drug-likeness (QED) is 0.460. The van der Waals surface area contributed by atoms with Gasteiger partial charge in [0.1, 0.15) is 0 Å². The molecule has 3 N–H and O–H groups in total. The average Bonchev–Trinajstić information content (AvgIpc) is 3.29. The molecule has 7 nitrogen and oxygen atoms in total. The van der Waals surface area contributed by atoms with Crippen LogP contribution in [0, 0.1) is 0 Å². The fourth-order valence-electron chi connectivity index (χ4n) is 4.30. The van der Waals surface area contributed by atoms with Crippen molar-refractivity contribution in [1.82, 2.24) is 20.5 Å². The van der Waals surface area contributed by atoms with E-state index in [4.69, 9.17) is 0 Å². The summed E-state index contributed by atoms with van der Waals surface area (Å²) in [5.74, 6) is 0.172. The Balaban J connectivity index is 1.23. The number of likely N-dealkylation sites (tertiary alicyclic amines) is 1. The Labute approximate surface area is 200 Å². The molecule has 1 saturated heterocycles. The van der Waals surface area contributed by atoms with Crippen molar-refractivity contribution in [2.75, 3.05) is 31.5 Å². The minimum absolute atomic E-state index is 0.00139. The number of carbonyl (C=O) groups excluding carboxylic acids is 2. The number of para-hydroxylation sites is 1. The summed E-state index contributed by atoms with van der Waals surface area (Å²) in [4.78, 5) is 31.2. The van der Waals surface area contributed by atoms with E-state index >= 15 is 0 Å². The standard InChI is InChI=1S/C27H31N5O2/c33-26(20-32-15-13-25(19-32)31-27(34)30-24-11-5-2-6-12-24)29-18-23(22-9-3-1-4-10-22)16-21-8-7-14-28-17-21/h1-12,14,17,23,25H,13,15-16,18-20H2,(H,29,33)(H2,30,31,34). The van der Waals surface area contributed by atoms with E-state index in [2.05, 4.69) is 44.0 Å². The normalized spacial score (nSPS) is 16.5. The van der Waals surface area contributed by atoms with Gasteiger partial charge in [0.05, 0.1) is 6.54 Å². The SMILES string of the molecule is O=C(CN1CCC(NC(=O)Nc2ccccc2)C1)NCC(Cc1cccnc1)c1ccccc1. The molecule has 2 aromatic carbocycles. The molecule has 7 heteroatoms. The molecule has 0 saturated carbocycles. The third kappa shape index (κ3) is 7.15. The summed E-state index contributed by atoms with van der Waals surface area (Å²) < 4.78 is 0. The molecule has 0 bridgehead atoms. The highest BCUT2D eigenvalue weighted by atomic mass is 16.2. The monoisotopic (exact) mass is 457 g/mol. The van der Waals surface area contributed by atoms with Gasteiger partial charge in [-0.3, -0.25) is 14.7 Å². The van der Waals surface area contributed by atoms with Gasteiger partial charge in [-0.1, -0.05) is 54.6 Å². The number of nitrogens with one attached hydrogen (secondary N) is 3. The van der Waals surface area contributed by atoms with Crippen molar-refractivity contribution in [3.63, 3.8) is 0 Å². The van der Waals surface area contributed by atoms with E-state index in [9.17, 15) is 9.59 Å². The van der Waals surface area contributed by atoms with E-state index < -0.39 is 0 Å². The zero-order valence-corrected chi connectivity index (χ0v) is 19.2. The van der Waals surface area contributed by atoms with Crippen molar-refractivity contribution >= 4 is 17.6 Å². The summed E-state index contributed by atoms with van der Waals surface area (Å²) in [7, 11) is 0. The number of pyridine rings is 1. The molecule has 2 unspecified atom stereocenters. The first-order valence-corrected chi connectivity index (χ1v) is 11.7. The van der Waals surface area contributed by atoms with Gasteiger partial charge >= 0.3 is 6.03 Å². The van der Waals surface area contributed by atoms with Crippen LogP contribution in [-0.4, -0.2) is 54.0 Å². The van der Waals surface area contributed by atoms with Crippen molar-refractivity contribution in [2.24, 2.45) is 0 Å². The molecule has 2 atom stereocenters. The number of rotatable bonds is 9. The van der Waals surface area contributed by atoms with E-state index in [1.807, 2.05) is 60.8 Å². The Morgan fingerprint density at radius 3 is 2.50 bits per heavy atom. The lowest BCUT2D eigenvalue weighted by Crippen LogP contribution is -2.42. The number of hydrogen-bond donors (Lipinski definition) is 3. The largest absolute Gasteiger partial charge is 0.354 e. The van der Waals surface area contributed by atoms with Crippen molar-refractivity contribution in [1.29, 1.82) is 0 Å². The van der Waals surface area contributed by atoms with E-state index in [-0.39, 0.29) is 23.9 Å². The van der Waals surface area contributed by atoms with Gasteiger partial charge in [0.2, 0.25) is 5.91 Å². The predicted molar refractivity (Wildman–Crippen MR) is 134 cm³/mol. The van der Waals surface area contributed by atoms with Crippen molar-refractivity contribution < 1.29 is 9.59 Å². The Kier molecular flexibility index (Phi) is 8.24. The molecule has 3 aromatic rings. The van der Waals surface area contributed by atoms with Gasteiger partial charge < -0.3 is 16.0 Å². The average molecular weight is 458 g/mol. The Morgan fingerprint density at radius 1 is 1.00 bits per heavy atom. The molecule has 2 heterocycles. The molecule has 1 fully saturated rings. The number of urea groups is 1. The van der Waals surface area contributed by atoms with Crippen LogP contribution in [0.25, 0.3) is 0 Å². The second-order valence-electron chi connectivity index (χ2n) is 8.66. The zero-order chi connectivity index (χ0) is 23.6. The van der Waals surface area contributed by atoms with Crippen molar-refractivity contribution in [2.45, 2.75) is 24.8 Å². The topological polar surface area (TPSA) is 86.4 Å². The number of nitrogens with zero attached hydrogens (tertiary/aromatic N) is 2. The van der Waals surface area contributed by atoms with Gasteiger partial charge in [-0.15, -0.1) is 0 Å². The van der Waals surface area contributed by atoms with Gasteiger partial charge in [0, 0.05) is 49.7 Å². The van der Waals surface area contributed by atoms with E-state index in [0.717, 1.165) is 30.6 Å². The Hall–Kier alpha value is -3.71. The van der Waals surface area contributed by atoms with Crippen LogP contribution in [0.3, 0.4) is 0 Å². The number of carbonyl (C=O) groups is 2. The third-order valence-corrected chi connectivity index (χ3v) is 6.03. The second-order valence-corrected chi connectivity index (χ2v) is 8.66. The molecule has 1 aromatic heterocycles. The zero-order valence-electron chi connectivity index (χ0n) is 19.2. The van der Waals surface area contributed by atoms with Crippen LogP contribution in [0.1, 0.15) is 23.5 Å². The lowest BCUT2D eigenvalue weighted by molar-refractivity contribution is -0.122. The minimum atomic E-state index is -0.219. The van der Waals surface area contributed by atoms with Crippen LogP contribution >= 0.6 is 0 Å². The molecule has 4 rings (SSSR count). The van der Waals surface area contributed by atoms with Gasteiger partial charge in [-0.05, 0) is 42.2 Å². The van der Waals surface area contributed by atoms with Gasteiger partial charge in [0.15, 0.2) is 0 Å². The molecule has 1 aliphatic rings. The first-order chi connectivity index (χ1) is 16.7. The maximum Gasteiger partial charge on any atom is 0.319 e. The minimum Gasteiger partial charge on any atom is -0.354 e. The molecular formula is C27H31N5O2. The lowest BCUT2D eigenvalue weighted by atomic mass is 9.92. The van der Waals surface area contributed by atoms with Crippen LogP contribution in [0.4, 0.5) is 10.5 Å². The first-order valence-electron chi connectivity index (χ1n) is 11.7. The number of aromatic nitrogens is 1. The molecule has 0 spiro atoms. The number of benzene rings is 2. The van der Waals surface area contributed by atoms with E-state index in [0.29, 0.717) is 19.6 Å². The van der Waals surface area contributed by atoms with E-state index in [1.54, 1.807) is 6.20 Å². The summed E-state index contributed by atoms with van der Waals surface area (Å²) in [6, 6.07) is 23.4. The molecule has 34 heavy (non-hydrogen) atoms. The summed E-state index contributed by atoms with van der Waals surface area (Å²) >= 11 is 0. The fraction of sp³-hybridized carbons (Fsp3) is 0.296. The predicted octanol–water partition coefficient (Wildman–Crippen LogP) is 3.42. The van der Waals surface area contributed by atoms with Crippen LogP contribution in [-0.2, 0) is 11.2 Å². The lowest BCUT2D eigenvalue weighted by Gasteiger charge is -2.20. The van der Waals surface area contributed by atoms with Crippen molar-refractivity contribution in [3.05, 3.63) is 96.3 Å². The summed E-state index contributed by atoms with van der Waals surface area (Å²) in [5, 5.41) is 8.96. The maximum atomic E-state index is 12.7. The van der Waals surface area contributed by atoms with Crippen LogP contribution in [0.15, 0.2) is 85.2 Å². The van der Waals surface area contributed by atoms with Crippen LogP contribution in [0.2, 0.25) is 0 Å². The van der Waals surface area contributed by atoms with Gasteiger partial charge in [-0.2, -0.15) is 0 Å². The first kappa shape index (κ1) is 23.4. The Bertz CT molecular complexity index is 1050. The van der Waals surface area contributed by atoms with Crippen molar-refractivity contribution in [3.8, 4) is 0 Å². The summed E-state index contributed by atoms with van der Waals surface area (Å²) in [6.45, 7) is 2.33. The van der Waals surface area contributed by atoms with Gasteiger partial charge in [-0.25, -0.2) is 4.79 Å². The Morgan fingerprint density at radius 2 is 1.76 bits per heavy atom. The van der Waals surface area contributed by atoms with Gasteiger partial charge in [0.25, 0.3) is 0 Å². The molecule has 176 valence electrons. The highest BCUT2D eigenvalue weighted by molar-refractivity contribution is 5.89. The summed E-state index contributed by atoms with van der Waals surface area (Å²) in [6.07, 6.45) is 5.28.